The van der Waals surface area contributed by atoms with Crippen molar-refractivity contribution >= 4 is 29.7 Å². The number of thiophene rings is 1. The van der Waals surface area contributed by atoms with E-state index >= 15 is 0 Å². The zero-order valence-electron chi connectivity index (χ0n) is 11.4. The molecule has 1 unspecified atom stereocenters. The van der Waals surface area contributed by atoms with Gasteiger partial charge in [0.25, 0.3) is 0 Å². The first-order valence-electron chi connectivity index (χ1n) is 6.74. The standard InChI is InChI=1S/C14H22N2OS.ClH/c1-11(13-2-5-15-6-3-13)8-14(17)16-9-12-4-7-18-10-12;/h4,7,10-11,13,15H,2-3,5-6,8-9H2,1H3,(H,16,17);1H. The lowest BCUT2D eigenvalue weighted by Gasteiger charge is -2.27. The summed E-state index contributed by atoms with van der Waals surface area (Å²) in [7, 11) is 0. The minimum absolute atomic E-state index is 0. The average molecular weight is 303 g/mol. The van der Waals surface area contributed by atoms with E-state index in [1.807, 2.05) is 5.38 Å². The number of rotatable bonds is 5. The van der Waals surface area contributed by atoms with Gasteiger partial charge in [0.1, 0.15) is 0 Å². The van der Waals surface area contributed by atoms with E-state index in [9.17, 15) is 4.79 Å². The van der Waals surface area contributed by atoms with Crippen LogP contribution in [0.3, 0.4) is 0 Å². The quantitative estimate of drug-likeness (QED) is 0.878. The lowest BCUT2D eigenvalue weighted by atomic mass is 9.84. The van der Waals surface area contributed by atoms with Crippen molar-refractivity contribution in [2.45, 2.75) is 32.7 Å². The maximum absolute atomic E-state index is 11.9. The summed E-state index contributed by atoms with van der Waals surface area (Å²) in [6.07, 6.45) is 3.08. The van der Waals surface area contributed by atoms with E-state index in [0.717, 1.165) is 13.1 Å². The Hall–Kier alpha value is -0.580. The van der Waals surface area contributed by atoms with Gasteiger partial charge in [0, 0.05) is 13.0 Å². The Kier molecular flexibility index (Phi) is 7.42. The summed E-state index contributed by atoms with van der Waals surface area (Å²) >= 11 is 1.67. The summed E-state index contributed by atoms with van der Waals surface area (Å²) in [5, 5.41) is 10.5. The van der Waals surface area contributed by atoms with Crippen LogP contribution in [-0.2, 0) is 11.3 Å². The Morgan fingerprint density at radius 1 is 1.53 bits per heavy atom. The van der Waals surface area contributed by atoms with Gasteiger partial charge in [-0.15, -0.1) is 12.4 Å². The highest BCUT2D eigenvalue weighted by atomic mass is 35.5. The van der Waals surface area contributed by atoms with Crippen molar-refractivity contribution in [3.8, 4) is 0 Å². The van der Waals surface area contributed by atoms with Gasteiger partial charge in [0.2, 0.25) is 5.91 Å². The normalized spacial score (nSPS) is 17.5. The fourth-order valence-electron chi connectivity index (χ4n) is 2.54. The third kappa shape index (κ3) is 5.51. The van der Waals surface area contributed by atoms with Crippen LogP contribution in [0, 0.1) is 11.8 Å². The molecular weight excluding hydrogens is 280 g/mol. The second-order valence-corrected chi connectivity index (χ2v) is 5.96. The van der Waals surface area contributed by atoms with Crippen molar-refractivity contribution in [2.75, 3.05) is 13.1 Å². The molecule has 5 heteroatoms. The predicted octanol–water partition coefficient (Wildman–Crippen LogP) is 2.81. The molecule has 2 N–H and O–H groups in total. The second kappa shape index (κ2) is 8.56. The van der Waals surface area contributed by atoms with Gasteiger partial charge in [0.05, 0.1) is 0 Å². The van der Waals surface area contributed by atoms with Crippen molar-refractivity contribution < 1.29 is 4.79 Å². The molecule has 1 fully saturated rings. The number of hydrogen-bond acceptors (Lipinski definition) is 3. The van der Waals surface area contributed by atoms with Gasteiger partial charge in [-0.3, -0.25) is 4.79 Å². The highest BCUT2D eigenvalue weighted by Gasteiger charge is 2.21. The van der Waals surface area contributed by atoms with E-state index in [0.29, 0.717) is 24.8 Å². The molecule has 1 saturated heterocycles. The number of carbonyl (C=O) groups is 1. The van der Waals surface area contributed by atoms with Gasteiger partial charge in [-0.2, -0.15) is 11.3 Å². The fraction of sp³-hybridized carbons (Fsp3) is 0.643. The molecule has 3 nitrogen and oxygen atoms in total. The first-order chi connectivity index (χ1) is 8.75. The molecule has 1 atom stereocenters. The highest BCUT2D eigenvalue weighted by molar-refractivity contribution is 7.07. The van der Waals surface area contributed by atoms with Crippen LogP contribution >= 0.6 is 23.7 Å². The summed E-state index contributed by atoms with van der Waals surface area (Å²) in [6, 6.07) is 2.06. The van der Waals surface area contributed by atoms with Gasteiger partial charge >= 0.3 is 0 Å². The third-order valence-electron chi connectivity index (χ3n) is 3.77. The summed E-state index contributed by atoms with van der Waals surface area (Å²) in [5.41, 5.74) is 1.20. The maximum atomic E-state index is 11.9. The van der Waals surface area contributed by atoms with Crippen LogP contribution in [0.4, 0.5) is 0 Å². The topological polar surface area (TPSA) is 41.1 Å². The van der Waals surface area contributed by atoms with Crippen LogP contribution in [-0.4, -0.2) is 19.0 Å². The Morgan fingerprint density at radius 3 is 2.89 bits per heavy atom. The van der Waals surface area contributed by atoms with Crippen molar-refractivity contribution in [1.82, 2.24) is 10.6 Å². The van der Waals surface area contributed by atoms with Crippen molar-refractivity contribution in [3.05, 3.63) is 22.4 Å². The Balaban J connectivity index is 0.00000180. The molecule has 1 aliphatic rings. The van der Waals surface area contributed by atoms with Crippen molar-refractivity contribution in [2.24, 2.45) is 11.8 Å². The molecule has 1 aliphatic heterocycles. The SMILES string of the molecule is CC(CC(=O)NCc1ccsc1)C1CCNCC1.Cl. The van der Waals surface area contributed by atoms with Gasteiger partial charge in [0.15, 0.2) is 0 Å². The van der Waals surface area contributed by atoms with Gasteiger partial charge in [-0.25, -0.2) is 0 Å². The van der Waals surface area contributed by atoms with Crippen LogP contribution in [0.15, 0.2) is 16.8 Å². The van der Waals surface area contributed by atoms with Gasteiger partial charge < -0.3 is 10.6 Å². The Bertz CT molecular complexity index is 364. The molecule has 0 spiro atoms. The third-order valence-corrected chi connectivity index (χ3v) is 4.50. The maximum Gasteiger partial charge on any atom is 0.220 e. The van der Waals surface area contributed by atoms with E-state index in [-0.39, 0.29) is 18.3 Å². The number of carbonyl (C=O) groups excluding carboxylic acids is 1. The minimum Gasteiger partial charge on any atom is -0.352 e. The molecule has 0 aromatic carbocycles. The molecule has 0 aliphatic carbocycles. The summed E-state index contributed by atoms with van der Waals surface area (Å²) in [6.45, 7) is 5.08. The zero-order valence-corrected chi connectivity index (χ0v) is 13.0. The molecule has 2 heterocycles. The fourth-order valence-corrected chi connectivity index (χ4v) is 3.21. The number of hydrogen-bond donors (Lipinski definition) is 2. The van der Waals surface area contributed by atoms with Crippen LogP contribution in [0.25, 0.3) is 0 Å². The van der Waals surface area contributed by atoms with E-state index in [1.165, 1.54) is 18.4 Å². The molecule has 1 aromatic rings. The van der Waals surface area contributed by atoms with E-state index in [1.54, 1.807) is 11.3 Å². The number of halogens is 1. The lowest BCUT2D eigenvalue weighted by molar-refractivity contribution is -0.122. The van der Waals surface area contributed by atoms with Gasteiger partial charge in [-0.05, 0) is 60.2 Å². The number of amides is 1. The first-order valence-corrected chi connectivity index (χ1v) is 7.68. The van der Waals surface area contributed by atoms with Crippen LogP contribution in [0.5, 0.6) is 0 Å². The molecular formula is C14H23ClN2OS. The Labute approximate surface area is 125 Å². The minimum atomic E-state index is 0. The molecule has 0 bridgehead atoms. The summed E-state index contributed by atoms with van der Waals surface area (Å²) in [5.74, 6) is 1.39. The number of piperidine rings is 1. The smallest absolute Gasteiger partial charge is 0.220 e. The van der Waals surface area contributed by atoms with E-state index < -0.39 is 0 Å². The molecule has 0 saturated carbocycles. The van der Waals surface area contributed by atoms with Crippen LogP contribution in [0.2, 0.25) is 0 Å². The predicted molar refractivity (Wildman–Crippen MR) is 82.8 cm³/mol. The van der Waals surface area contributed by atoms with Crippen molar-refractivity contribution in [1.29, 1.82) is 0 Å². The zero-order chi connectivity index (χ0) is 12.8. The molecule has 108 valence electrons. The molecule has 19 heavy (non-hydrogen) atoms. The molecule has 1 aromatic heterocycles. The van der Waals surface area contributed by atoms with Crippen molar-refractivity contribution in [3.63, 3.8) is 0 Å². The monoisotopic (exact) mass is 302 g/mol. The summed E-state index contributed by atoms with van der Waals surface area (Å²) < 4.78 is 0. The highest BCUT2D eigenvalue weighted by Crippen LogP contribution is 2.24. The second-order valence-electron chi connectivity index (χ2n) is 5.18. The summed E-state index contributed by atoms with van der Waals surface area (Å²) in [4.78, 5) is 11.9. The first kappa shape index (κ1) is 16.5. The van der Waals surface area contributed by atoms with E-state index in [4.69, 9.17) is 0 Å². The molecule has 1 amide bonds. The van der Waals surface area contributed by atoms with Crippen LogP contribution < -0.4 is 10.6 Å². The van der Waals surface area contributed by atoms with Gasteiger partial charge in [-0.1, -0.05) is 6.92 Å². The number of nitrogens with one attached hydrogen (secondary N) is 2. The molecule has 0 radical (unpaired) electrons. The average Bonchev–Trinajstić information content (AvgIpc) is 2.90. The molecule has 2 rings (SSSR count). The Morgan fingerprint density at radius 2 is 2.26 bits per heavy atom. The van der Waals surface area contributed by atoms with E-state index in [2.05, 4.69) is 29.0 Å². The largest absolute Gasteiger partial charge is 0.352 e. The lowest BCUT2D eigenvalue weighted by Crippen LogP contribution is -2.33. The van der Waals surface area contributed by atoms with Crippen LogP contribution in [0.1, 0.15) is 31.7 Å².